The third-order valence-electron chi connectivity index (χ3n) is 3.01. The van der Waals surface area contributed by atoms with Crippen LogP contribution < -0.4 is 5.32 Å². The Labute approximate surface area is 118 Å². The number of hydrogen-bond donors (Lipinski definition) is 2. The van der Waals surface area contributed by atoms with E-state index in [0.29, 0.717) is 18.1 Å². The Morgan fingerprint density at radius 2 is 2.05 bits per heavy atom. The average Bonchev–Trinajstić information content (AvgIpc) is 2.43. The van der Waals surface area contributed by atoms with Crippen LogP contribution in [0.25, 0.3) is 0 Å². The smallest absolute Gasteiger partial charge is 0.120 e. The molecule has 0 aliphatic rings. The third kappa shape index (κ3) is 3.69. The number of nitrogens with one attached hydrogen (secondary N) is 1. The highest BCUT2D eigenvalue weighted by molar-refractivity contribution is 6.30. The molecule has 0 aliphatic carbocycles. The maximum atomic E-state index is 9.72. The molecule has 0 aliphatic heterocycles. The molecule has 0 fully saturated rings. The average molecular weight is 277 g/mol. The van der Waals surface area contributed by atoms with Gasteiger partial charge in [0.15, 0.2) is 0 Å². The van der Waals surface area contributed by atoms with Gasteiger partial charge in [0, 0.05) is 29.9 Å². The Morgan fingerprint density at radius 1 is 1.21 bits per heavy atom. The molecule has 3 nitrogen and oxygen atoms in total. The van der Waals surface area contributed by atoms with E-state index in [9.17, 15) is 5.11 Å². The number of phenolic OH excluding ortho intramolecular Hbond substituents is 1. The Morgan fingerprint density at radius 3 is 2.84 bits per heavy atom. The summed E-state index contributed by atoms with van der Waals surface area (Å²) in [7, 11) is 0. The minimum atomic E-state index is 0.258. The van der Waals surface area contributed by atoms with Crippen molar-refractivity contribution in [2.45, 2.75) is 26.4 Å². The van der Waals surface area contributed by atoms with Crippen LogP contribution in [-0.2, 0) is 19.5 Å². The van der Waals surface area contributed by atoms with Crippen molar-refractivity contribution in [2.75, 3.05) is 0 Å². The highest BCUT2D eigenvalue weighted by Gasteiger charge is 2.04. The number of aryl methyl sites for hydroxylation is 1. The number of halogens is 1. The van der Waals surface area contributed by atoms with Crippen LogP contribution in [0.2, 0.25) is 5.02 Å². The zero-order valence-corrected chi connectivity index (χ0v) is 11.6. The minimum Gasteiger partial charge on any atom is -0.508 e. The van der Waals surface area contributed by atoms with Crippen LogP contribution in [-0.4, -0.2) is 10.1 Å². The van der Waals surface area contributed by atoms with Crippen molar-refractivity contribution in [3.05, 3.63) is 58.4 Å². The standard InChI is InChI=1S/C15H17ClN2O/c1-2-11-4-3-7-18-14(11)10-17-9-12-8-13(16)5-6-15(12)19/h3-8,17,19H,2,9-10H2,1H3. The van der Waals surface area contributed by atoms with Crippen LogP contribution in [0, 0.1) is 0 Å². The van der Waals surface area contributed by atoms with Gasteiger partial charge >= 0.3 is 0 Å². The van der Waals surface area contributed by atoms with Gasteiger partial charge in [-0.3, -0.25) is 4.98 Å². The fraction of sp³-hybridized carbons (Fsp3) is 0.267. The molecule has 19 heavy (non-hydrogen) atoms. The van der Waals surface area contributed by atoms with E-state index in [1.807, 2.05) is 6.07 Å². The highest BCUT2D eigenvalue weighted by Crippen LogP contribution is 2.21. The van der Waals surface area contributed by atoms with Gasteiger partial charge in [-0.1, -0.05) is 24.6 Å². The van der Waals surface area contributed by atoms with Gasteiger partial charge in [-0.05, 0) is 36.2 Å². The lowest BCUT2D eigenvalue weighted by Crippen LogP contribution is -2.15. The monoisotopic (exact) mass is 276 g/mol. The lowest BCUT2D eigenvalue weighted by molar-refractivity contribution is 0.464. The largest absolute Gasteiger partial charge is 0.508 e. The molecule has 0 spiro atoms. The van der Waals surface area contributed by atoms with Gasteiger partial charge in [0.05, 0.1) is 5.69 Å². The fourth-order valence-electron chi connectivity index (χ4n) is 1.96. The Bertz CT molecular complexity index is 558. The second kappa shape index (κ2) is 6.55. The van der Waals surface area contributed by atoms with Crippen molar-refractivity contribution in [3.8, 4) is 5.75 Å². The molecular formula is C15H17ClN2O. The van der Waals surface area contributed by atoms with Crippen LogP contribution in [0.4, 0.5) is 0 Å². The summed E-state index contributed by atoms with van der Waals surface area (Å²) in [4.78, 5) is 4.37. The van der Waals surface area contributed by atoms with Gasteiger partial charge in [0.2, 0.25) is 0 Å². The molecule has 4 heteroatoms. The number of hydrogen-bond acceptors (Lipinski definition) is 3. The summed E-state index contributed by atoms with van der Waals surface area (Å²) < 4.78 is 0. The first kappa shape index (κ1) is 13.8. The van der Waals surface area contributed by atoms with Crippen LogP contribution in [0.15, 0.2) is 36.5 Å². The molecule has 0 unspecified atom stereocenters. The number of benzene rings is 1. The summed E-state index contributed by atoms with van der Waals surface area (Å²) in [5.74, 6) is 0.258. The second-order valence-corrected chi connectivity index (χ2v) is 4.78. The first-order valence-electron chi connectivity index (χ1n) is 6.31. The van der Waals surface area contributed by atoms with Gasteiger partial charge in [-0.2, -0.15) is 0 Å². The van der Waals surface area contributed by atoms with Crippen LogP contribution in [0.3, 0.4) is 0 Å². The summed E-state index contributed by atoms with van der Waals surface area (Å²) in [5, 5.41) is 13.6. The molecular weight excluding hydrogens is 260 g/mol. The highest BCUT2D eigenvalue weighted by atomic mass is 35.5. The molecule has 1 heterocycles. The summed E-state index contributed by atoms with van der Waals surface area (Å²) >= 11 is 5.91. The molecule has 0 saturated carbocycles. The molecule has 2 N–H and O–H groups in total. The van der Waals surface area contributed by atoms with E-state index in [2.05, 4.69) is 23.3 Å². The van der Waals surface area contributed by atoms with Gasteiger partial charge in [0.1, 0.15) is 5.75 Å². The normalized spacial score (nSPS) is 10.6. The number of aromatic nitrogens is 1. The van der Waals surface area contributed by atoms with Crippen molar-refractivity contribution < 1.29 is 5.11 Å². The van der Waals surface area contributed by atoms with E-state index in [1.165, 1.54) is 5.56 Å². The molecule has 1 aromatic carbocycles. The van der Waals surface area contributed by atoms with Crippen LogP contribution in [0.5, 0.6) is 5.75 Å². The Balaban J connectivity index is 1.98. The van der Waals surface area contributed by atoms with E-state index >= 15 is 0 Å². The van der Waals surface area contributed by atoms with Gasteiger partial charge < -0.3 is 10.4 Å². The molecule has 1 aromatic heterocycles. The second-order valence-electron chi connectivity index (χ2n) is 4.34. The fourth-order valence-corrected chi connectivity index (χ4v) is 2.16. The molecule has 0 saturated heterocycles. The maximum absolute atomic E-state index is 9.72. The van der Waals surface area contributed by atoms with E-state index < -0.39 is 0 Å². The summed E-state index contributed by atoms with van der Waals surface area (Å²) in [6.07, 6.45) is 2.76. The minimum absolute atomic E-state index is 0.258. The van der Waals surface area contributed by atoms with Crippen molar-refractivity contribution in [1.29, 1.82) is 0 Å². The quantitative estimate of drug-likeness (QED) is 0.881. The summed E-state index contributed by atoms with van der Waals surface area (Å²) in [6.45, 7) is 3.35. The molecule has 100 valence electrons. The summed E-state index contributed by atoms with van der Waals surface area (Å²) in [5.41, 5.74) is 3.08. The van der Waals surface area contributed by atoms with Gasteiger partial charge in [-0.25, -0.2) is 0 Å². The van der Waals surface area contributed by atoms with Crippen LogP contribution in [0.1, 0.15) is 23.7 Å². The van der Waals surface area contributed by atoms with Crippen molar-refractivity contribution in [1.82, 2.24) is 10.3 Å². The van der Waals surface area contributed by atoms with Crippen LogP contribution >= 0.6 is 11.6 Å². The van der Waals surface area contributed by atoms with Crippen molar-refractivity contribution in [3.63, 3.8) is 0 Å². The van der Waals surface area contributed by atoms with E-state index in [4.69, 9.17) is 11.6 Å². The predicted molar refractivity (Wildman–Crippen MR) is 77.3 cm³/mol. The lowest BCUT2D eigenvalue weighted by atomic mass is 10.1. The Hall–Kier alpha value is -1.58. The van der Waals surface area contributed by atoms with Gasteiger partial charge in [-0.15, -0.1) is 0 Å². The van der Waals surface area contributed by atoms with E-state index in [0.717, 1.165) is 17.7 Å². The zero-order chi connectivity index (χ0) is 13.7. The zero-order valence-electron chi connectivity index (χ0n) is 10.9. The third-order valence-corrected chi connectivity index (χ3v) is 3.25. The summed E-state index contributed by atoms with van der Waals surface area (Å²) in [6, 6.07) is 9.08. The molecule has 0 atom stereocenters. The first-order chi connectivity index (χ1) is 9.20. The SMILES string of the molecule is CCc1cccnc1CNCc1cc(Cl)ccc1O. The van der Waals surface area contributed by atoms with Gasteiger partial charge in [0.25, 0.3) is 0 Å². The molecule has 0 bridgehead atoms. The molecule has 2 aromatic rings. The molecule has 2 rings (SSSR count). The number of aromatic hydroxyl groups is 1. The lowest BCUT2D eigenvalue weighted by Gasteiger charge is -2.09. The van der Waals surface area contributed by atoms with Crippen molar-refractivity contribution in [2.24, 2.45) is 0 Å². The van der Waals surface area contributed by atoms with Crippen molar-refractivity contribution >= 4 is 11.6 Å². The number of rotatable bonds is 5. The predicted octanol–water partition coefficient (Wildman–Crippen LogP) is 3.29. The topological polar surface area (TPSA) is 45.2 Å². The van der Waals surface area contributed by atoms with E-state index in [-0.39, 0.29) is 5.75 Å². The number of pyridine rings is 1. The number of phenols is 1. The maximum Gasteiger partial charge on any atom is 0.120 e. The number of nitrogens with zero attached hydrogens (tertiary/aromatic N) is 1. The Kier molecular flexibility index (Phi) is 4.77. The molecule has 0 radical (unpaired) electrons. The molecule has 0 amide bonds. The van der Waals surface area contributed by atoms with E-state index in [1.54, 1.807) is 24.4 Å². The first-order valence-corrected chi connectivity index (χ1v) is 6.69.